The Labute approximate surface area is 176 Å². The summed E-state index contributed by atoms with van der Waals surface area (Å²) in [6, 6.07) is 14.4. The number of aryl methyl sites for hydroxylation is 1. The zero-order chi connectivity index (χ0) is 21.4. The van der Waals surface area contributed by atoms with Crippen molar-refractivity contribution in [3.63, 3.8) is 0 Å². The summed E-state index contributed by atoms with van der Waals surface area (Å²) >= 11 is 5.64. The molecule has 30 heavy (non-hydrogen) atoms. The van der Waals surface area contributed by atoms with Crippen molar-refractivity contribution >= 4 is 22.4 Å². The molecule has 4 aromatic carbocycles. The van der Waals surface area contributed by atoms with E-state index in [4.69, 9.17) is 11.6 Å². The zero-order valence-corrected chi connectivity index (χ0v) is 16.8. The van der Waals surface area contributed by atoms with Crippen molar-refractivity contribution in [2.24, 2.45) is 0 Å². The monoisotopic (exact) mass is 428 g/mol. The Hall–Kier alpha value is -2.85. The molecule has 0 aliphatic heterocycles. The summed E-state index contributed by atoms with van der Waals surface area (Å²) in [4.78, 5) is 0. The molecular formula is C25H17ClF4. The quantitative estimate of drug-likeness (QED) is 0.286. The Kier molecular flexibility index (Phi) is 5.52. The van der Waals surface area contributed by atoms with Gasteiger partial charge in [-0.1, -0.05) is 61.3 Å². The maximum Gasteiger partial charge on any atom is 0.142 e. The summed E-state index contributed by atoms with van der Waals surface area (Å²) in [7, 11) is 0. The highest BCUT2D eigenvalue weighted by atomic mass is 35.5. The van der Waals surface area contributed by atoms with Gasteiger partial charge in [0.2, 0.25) is 0 Å². The van der Waals surface area contributed by atoms with Crippen LogP contribution in [0.2, 0.25) is 5.02 Å². The van der Waals surface area contributed by atoms with E-state index in [9.17, 15) is 13.2 Å². The van der Waals surface area contributed by atoms with Gasteiger partial charge in [-0.25, -0.2) is 17.6 Å². The molecule has 0 aliphatic carbocycles. The first kappa shape index (κ1) is 20.4. The van der Waals surface area contributed by atoms with Crippen LogP contribution in [0, 0.1) is 23.3 Å². The van der Waals surface area contributed by atoms with Crippen molar-refractivity contribution in [1.29, 1.82) is 0 Å². The molecule has 5 heteroatoms. The molecular weight excluding hydrogens is 412 g/mol. The smallest absolute Gasteiger partial charge is 0.142 e. The predicted molar refractivity (Wildman–Crippen MR) is 114 cm³/mol. The van der Waals surface area contributed by atoms with Gasteiger partial charge < -0.3 is 0 Å². The van der Waals surface area contributed by atoms with E-state index in [1.807, 2.05) is 12.1 Å². The molecule has 0 aromatic heterocycles. The van der Waals surface area contributed by atoms with Gasteiger partial charge in [-0.05, 0) is 52.8 Å². The number of rotatable bonds is 4. The largest absolute Gasteiger partial charge is 0.206 e. The molecule has 0 N–H and O–H groups in total. The summed E-state index contributed by atoms with van der Waals surface area (Å²) in [5, 5.41) is 0.977. The summed E-state index contributed by atoms with van der Waals surface area (Å²) in [6.07, 6.45) is 1.87. The van der Waals surface area contributed by atoms with Crippen LogP contribution < -0.4 is 0 Å². The van der Waals surface area contributed by atoms with Gasteiger partial charge >= 0.3 is 0 Å². The van der Waals surface area contributed by atoms with E-state index in [1.54, 1.807) is 12.1 Å². The van der Waals surface area contributed by atoms with Gasteiger partial charge in [0.25, 0.3) is 0 Å². The third-order valence-corrected chi connectivity index (χ3v) is 5.43. The minimum atomic E-state index is -0.912. The van der Waals surface area contributed by atoms with E-state index in [0.29, 0.717) is 5.39 Å². The predicted octanol–water partition coefficient (Wildman–Crippen LogP) is 8.34. The second-order valence-corrected chi connectivity index (χ2v) is 7.58. The van der Waals surface area contributed by atoms with Crippen molar-refractivity contribution < 1.29 is 17.6 Å². The molecule has 0 amide bonds. The average Bonchev–Trinajstić information content (AvgIpc) is 2.70. The molecule has 0 heterocycles. The SMILES string of the molecule is CCCc1ccc2c(F)c(-c3cc(F)c(-c4ccc(Cl)c(F)c4)c(F)c3)ccc2c1. The van der Waals surface area contributed by atoms with E-state index < -0.39 is 23.3 Å². The standard InChI is InChI=1S/C25H17ClF4/c1-2-3-14-4-7-18-15(10-14)5-8-19(25(18)30)17-12-22(28)24(23(29)13-17)16-6-9-20(26)21(27)11-16/h4-13H,2-3H2,1H3. The molecule has 4 rings (SSSR count). The second-order valence-electron chi connectivity index (χ2n) is 7.18. The Bertz CT molecular complexity index is 1240. The van der Waals surface area contributed by atoms with Gasteiger partial charge in [-0.15, -0.1) is 0 Å². The van der Waals surface area contributed by atoms with E-state index in [1.165, 1.54) is 18.2 Å². The van der Waals surface area contributed by atoms with Crippen LogP contribution in [0.1, 0.15) is 18.9 Å². The fourth-order valence-corrected chi connectivity index (χ4v) is 3.78. The van der Waals surface area contributed by atoms with Crippen molar-refractivity contribution in [2.45, 2.75) is 19.8 Å². The molecule has 4 aromatic rings. The molecule has 0 spiro atoms. The van der Waals surface area contributed by atoms with Gasteiger partial charge in [0.1, 0.15) is 23.3 Å². The maximum atomic E-state index is 15.1. The molecule has 0 aliphatic rings. The first-order valence-corrected chi connectivity index (χ1v) is 9.92. The third kappa shape index (κ3) is 3.68. The van der Waals surface area contributed by atoms with Crippen molar-refractivity contribution in [2.75, 3.05) is 0 Å². The highest BCUT2D eigenvalue weighted by Crippen LogP contribution is 2.35. The lowest BCUT2D eigenvalue weighted by molar-refractivity contribution is 0.589. The van der Waals surface area contributed by atoms with Crippen LogP contribution in [0.3, 0.4) is 0 Å². The molecule has 0 fully saturated rings. The molecule has 0 saturated carbocycles. The summed E-state index contributed by atoms with van der Waals surface area (Å²) in [6.45, 7) is 2.07. The van der Waals surface area contributed by atoms with Gasteiger partial charge in [0.15, 0.2) is 0 Å². The fraction of sp³-hybridized carbons (Fsp3) is 0.120. The highest BCUT2D eigenvalue weighted by Gasteiger charge is 2.18. The average molecular weight is 429 g/mol. The van der Waals surface area contributed by atoms with Gasteiger partial charge in [-0.3, -0.25) is 0 Å². The molecule has 0 atom stereocenters. The number of hydrogen-bond acceptors (Lipinski definition) is 0. The molecule has 152 valence electrons. The normalized spacial score (nSPS) is 11.3. The number of hydrogen-bond donors (Lipinski definition) is 0. The maximum absolute atomic E-state index is 15.1. The minimum Gasteiger partial charge on any atom is -0.206 e. The van der Waals surface area contributed by atoms with E-state index in [2.05, 4.69) is 6.92 Å². The van der Waals surface area contributed by atoms with Crippen LogP contribution in [0.15, 0.2) is 60.7 Å². The molecule has 0 saturated heterocycles. The summed E-state index contributed by atoms with van der Waals surface area (Å²) in [5.41, 5.74) is 0.895. The second kappa shape index (κ2) is 8.11. The van der Waals surface area contributed by atoms with Crippen molar-refractivity contribution in [3.8, 4) is 22.3 Å². The number of halogens is 5. The Morgan fingerprint density at radius 1 is 0.733 bits per heavy atom. The first-order chi connectivity index (χ1) is 14.4. The lowest BCUT2D eigenvalue weighted by Crippen LogP contribution is -1.95. The van der Waals surface area contributed by atoms with E-state index in [0.717, 1.165) is 42.0 Å². The van der Waals surface area contributed by atoms with Crippen LogP contribution in [0.5, 0.6) is 0 Å². The molecule has 0 unspecified atom stereocenters. The fourth-order valence-electron chi connectivity index (χ4n) is 3.66. The lowest BCUT2D eigenvalue weighted by atomic mass is 9.95. The first-order valence-electron chi connectivity index (χ1n) is 9.55. The Balaban J connectivity index is 1.81. The van der Waals surface area contributed by atoms with E-state index >= 15 is 4.39 Å². The van der Waals surface area contributed by atoms with Gasteiger partial charge in [0, 0.05) is 10.9 Å². The van der Waals surface area contributed by atoms with Crippen LogP contribution in [0.4, 0.5) is 17.6 Å². The molecule has 0 radical (unpaired) electrons. The van der Waals surface area contributed by atoms with Gasteiger partial charge in [-0.2, -0.15) is 0 Å². The molecule has 0 bridgehead atoms. The van der Waals surface area contributed by atoms with Crippen molar-refractivity contribution in [3.05, 3.63) is 94.5 Å². The third-order valence-electron chi connectivity index (χ3n) is 5.12. The lowest BCUT2D eigenvalue weighted by Gasteiger charge is -2.12. The minimum absolute atomic E-state index is 0.0147. The van der Waals surface area contributed by atoms with Crippen LogP contribution in [-0.2, 0) is 6.42 Å². The van der Waals surface area contributed by atoms with Crippen LogP contribution >= 0.6 is 11.6 Å². The summed E-state index contributed by atoms with van der Waals surface area (Å²) in [5.74, 6) is -3.14. The summed E-state index contributed by atoms with van der Waals surface area (Å²) < 4.78 is 58.4. The van der Waals surface area contributed by atoms with E-state index in [-0.39, 0.29) is 27.3 Å². The number of benzene rings is 4. The van der Waals surface area contributed by atoms with Crippen LogP contribution in [0.25, 0.3) is 33.0 Å². The zero-order valence-electron chi connectivity index (χ0n) is 16.1. The van der Waals surface area contributed by atoms with Crippen LogP contribution in [-0.4, -0.2) is 0 Å². The number of fused-ring (bicyclic) bond motifs is 1. The van der Waals surface area contributed by atoms with Crippen molar-refractivity contribution in [1.82, 2.24) is 0 Å². The Morgan fingerprint density at radius 3 is 2.10 bits per heavy atom. The topological polar surface area (TPSA) is 0 Å². The Morgan fingerprint density at radius 2 is 1.43 bits per heavy atom. The molecule has 0 nitrogen and oxygen atoms in total. The highest BCUT2D eigenvalue weighted by molar-refractivity contribution is 6.30. The van der Waals surface area contributed by atoms with Gasteiger partial charge in [0.05, 0.1) is 10.6 Å².